The molecule has 1 aromatic heterocycles. The number of sulfonamides is 1. The highest BCUT2D eigenvalue weighted by Gasteiger charge is 2.48. The van der Waals surface area contributed by atoms with Crippen LogP contribution in [0, 0.1) is 5.82 Å². The number of piperazine rings is 1. The van der Waals surface area contributed by atoms with Crippen LogP contribution in [0.1, 0.15) is 18.7 Å². The zero-order chi connectivity index (χ0) is 31.2. The number of likely N-dealkylation sites (tertiary alicyclic amines) is 1. The zero-order valence-corrected chi connectivity index (χ0v) is 24.4. The zero-order valence-electron chi connectivity index (χ0n) is 23.6. The smallest absolute Gasteiger partial charge is 0.244 e. The summed E-state index contributed by atoms with van der Waals surface area (Å²) in [5.41, 5.74) is 0. The van der Waals surface area contributed by atoms with Crippen molar-refractivity contribution in [2.45, 2.75) is 66.8 Å². The van der Waals surface area contributed by atoms with Crippen molar-refractivity contribution in [3.05, 3.63) is 48.3 Å². The van der Waals surface area contributed by atoms with Crippen LogP contribution >= 0.6 is 0 Å². The Labute approximate surface area is 252 Å². The SMILES string of the molecule is O=C1C[C@@H]2O[C@H](CNC(=O)[C@@H]3CN(CCN3S(=O)(=O)c3cccc(F)c3)C(=O)[C@@H]3C[C@@H](CN3Cc3ncc[nH]3)N1)[C@@H](O)[C@H]2O. The van der Waals surface area contributed by atoms with Gasteiger partial charge in [0.2, 0.25) is 27.7 Å². The van der Waals surface area contributed by atoms with Gasteiger partial charge in [-0.2, -0.15) is 4.31 Å². The molecular formula is C27H34FN7O8S. The van der Waals surface area contributed by atoms with E-state index in [0.29, 0.717) is 12.4 Å². The van der Waals surface area contributed by atoms with Crippen LogP contribution < -0.4 is 10.6 Å². The topological polar surface area (TPSA) is 197 Å². The molecule has 6 bridgehead atoms. The molecule has 0 radical (unpaired) electrons. The van der Waals surface area contributed by atoms with Crippen molar-refractivity contribution in [1.82, 2.24) is 34.7 Å². The van der Waals surface area contributed by atoms with E-state index in [-0.39, 0.29) is 56.4 Å². The lowest BCUT2D eigenvalue weighted by atomic mass is 10.0. The maximum Gasteiger partial charge on any atom is 0.244 e. The van der Waals surface area contributed by atoms with Gasteiger partial charge < -0.3 is 35.5 Å². The lowest BCUT2D eigenvalue weighted by Gasteiger charge is -2.41. The van der Waals surface area contributed by atoms with Gasteiger partial charge in [0.25, 0.3) is 0 Å². The van der Waals surface area contributed by atoms with Gasteiger partial charge in [0.05, 0.1) is 30.0 Å². The number of ether oxygens (including phenoxy) is 1. The van der Waals surface area contributed by atoms with Crippen molar-refractivity contribution in [3.63, 3.8) is 0 Å². The van der Waals surface area contributed by atoms with Crippen molar-refractivity contribution in [3.8, 4) is 0 Å². The lowest BCUT2D eigenvalue weighted by Crippen LogP contribution is -2.63. The first-order chi connectivity index (χ1) is 21.0. The summed E-state index contributed by atoms with van der Waals surface area (Å²) in [6.07, 6.45) is -1.73. The van der Waals surface area contributed by atoms with E-state index >= 15 is 0 Å². The van der Waals surface area contributed by atoms with Crippen LogP contribution in [0.15, 0.2) is 41.6 Å². The van der Waals surface area contributed by atoms with Gasteiger partial charge in [-0.3, -0.25) is 19.3 Å². The summed E-state index contributed by atoms with van der Waals surface area (Å²) in [6, 6.07) is 1.92. The monoisotopic (exact) mass is 635 g/mol. The second kappa shape index (κ2) is 12.1. The molecule has 0 unspecified atom stereocenters. The molecule has 5 heterocycles. The second-order valence-corrected chi connectivity index (χ2v) is 13.4. The van der Waals surface area contributed by atoms with Crippen molar-refractivity contribution in [1.29, 1.82) is 0 Å². The number of nitrogens with zero attached hydrogens (tertiary/aromatic N) is 4. The number of nitrogens with one attached hydrogen (secondary N) is 3. The highest BCUT2D eigenvalue weighted by atomic mass is 32.2. The Kier molecular flexibility index (Phi) is 8.42. The fraction of sp³-hybridized carbons (Fsp3) is 0.556. The number of aliphatic hydroxyl groups is 2. The molecule has 6 rings (SSSR count). The number of H-pyrrole nitrogens is 1. The third kappa shape index (κ3) is 5.94. The minimum absolute atomic E-state index is 0.0302. The summed E-state index contributed by atoms with van der Waals surface area (Å²) in [5, 5.41) is 26.6. The minimum Gasteiger partial charge on any atom is -0.388 e. The van der Waals surface area contributed by atoms with Gasteiger partial charge in [0, 0.05) is 51.2 Å². The fourth-order valence-corrected chi connectivity index (χ4v) is 8.01. The molecule has 17 heteroatoms. The number of rotatable bonds is 4. The van der Waals surface area contributed by atoms with Crippen molar-refractivity contribution in [2.24, 2.45) is 0 Å². The third-order valence-corrected chi connectivity index (χ3v) is 10.5. The number of fused-ring (bicyclic) bond motifs is 6. The number of carbonyl (C=O) groups is 3. The van der Waals surface area contributed by atoms with E-state index in [1.54, 1.807) is 12.4 Å². The molecule has 7 atom stereocenters. The fourth-order valence-electron chi connectivity index (χ4n) is 6.41. The Morgan fingerprint density at radius 3 is 2.61 bits per heavy atom. The number of halogens is 1. The molecule has 15 nitrogen and oxygen atoms in total. The lowest BCUT2D eigenvalue weighted by molar-refractivity contribution is -0.140. The number of hydrogen-bond acceptors (Lipinski definition) is 10. The molecule has 4 aliphatic heterocycles. The molecule has 4 aliphatic rings. The number of hydrogen-bond donors (Lipinski definition) is 5. The molecule has 3 amide bonds. The number of amides is 3. The molecule has 4 saturated heterocycles. The number of benzene rings is 1. The Balaban J connectivity index is 1.32. The Morgan fingerprint density at radius 1 is 1.07 bits per heavy atom. The molecule has 1 aromatic carbocycles. The predicted octanol–water partition coefficient (Wildman–Crippen LogP) is -2.48. The van der Waals surface area contributed by atoms with E-state index in [1.165, 1.54) is 17.0 Å². The third-order valence-electron chi connectivity index (χ3n) is 8.63. The quantitative estimate of drug-likeness (QED) is 0.240. The number of imidazole rings is 1. The highest BCUT2D eigenvalue weighted by Crippen LogP contribution is 2.28. The molecule has 0 saturated carbocycles. The molecular weight excluding hydrogens is 601 g/mol. The van der Waals surface area contributed by atoms with Gasteiger partial charge >= 0.3 is 0 Å². The van der Waals surface area contributed by atoms with E-state index in [4.69, 9.17) is 4.74 Å². The van der Waals surface area contributed by atoms with Crippen LogP contribution in [0.4, 0.5) is 4.39 Å². The molecule has 0 aliphatic carbocycles. The summed E-state index contributed by atoms with van der Waals surface area (Å²) >= 11 is 0. The highest BCUT2D eigenvalue weighted by molar-refractivity contribution is 7.89. The summed E-state index contributed by atoms with van der Waals surface area (Å²) in [7, 11) is -4.36. The number of aromatic nitrogens is 2. The van der Waals surface area contributed by atoms with Gasteiger partial charge in [0.15, 0.2) is 0 Å². The number of aromatic amines is 1. The van der Waals surface area contributed by atoms with E-state index < -0.39 is 70.2 Å². The van der Waals surface area contributed by atoms with Gasteiger partial charge in [-0.1, -0.05) is 6.07 Å². The van der Waals surface area contributed by atoms with Gasteiger partial charge in [0.1, 0.15) is 36.0 Å². The normalized spacial score (nSPS) is 32.5. The van der Waals surface area contributed by atoms with E-state index in [2.05, 4.69) is 20.6 Å². The maximum atomic E-state index is 14.0. The first-order valence-electron chi connectivity index (χ1n) is 14.4. The van der Waals surface area contributed by atoms with Gasteiger partial charge in [-0.05, 0) is 24.6 Å². The Bertz CT molecular complexity index is 1510. The van der Waals surface area contributed by atoms with Crippen LogP contribution in [-0.2, 0) is 35.7 Å². The summed E-state index contributed by atoms with van der Waals surface area (Å²) < 4.78 is 48.0. The number of carbonyl (C=O) groups excluding carboxylic acids is 3. The van der Waals surface area contributed by atoms with Crippen molar-refractivity contribution >= 4 is 27.7 Å². The van der Waals surface area contributed by atoms with E-state index in [0.717, 1.165) is 16.4 Å². The van der Waals surface area contributed by atoms with Crippen LogP contribution in [0.2, 0.25) is 0 Å². The molecule has 5 N–H and O–H groups in total. The van der Waals surface area contributed by atoms with Crippen LogP contribution in [0.3, 0.4) is 0 Å². The predicted molar refractivity (Wildman–Crippen MR) is 148 cm³/mol. The van der Waals surface area contributed by atoms with Crippen LogP contribution in [0.25, 0.3) is 0 Å². The van der Waals surface area contributed by atoms with Crippen molar-refractivity contribution in [2.75, 3.05) is 32.7 Å². The summed E-state index contributed by atoms with van der Waals surface area (Å²) in [5.74, 6) is -1.69. The molecule has 0 spiro atoms. The first-order valence-corrected chi connectivity index (χ1v) is 15.8. The second-order valence-electron chi connectivity index (χ2n) is 11.5. The number of aliphatic hydroxyl groups excluding tert-OH is 2. The van der Waals surface area contributed by atoms with E-state index in [9.17, 15) is 37.4 Å². The minimum atomic E-state index is -4.36. The molecule has 238 valence electrons. The average Bonchev–Trinajstić information content (AvgIpc) is 3.72. The van der Waals surface area contributed by atoms with Crippen LogP contribution in [-0.4, -0.2) is 136 Å². The average molecular weight is 636 g/mol. The van der Waals surface area contributed by atoms with Crippen molar-refractivity contribution < 1.29 is 42.1 Å². The van der Waals surface area contributed by atoms with E-state index in [1.807, 2.05) is 4.90 Å². The first kappa shape index (κ1) is 30.5. The Morgan fingerprint density at radius 2 is 1.86 bits per heavy atom. The van der Waals surface area contributed by atoms with Crippen LogP contribution in [0.5, 0.6) is 0 Å². The van der Waals surface area contributed by atoms with Gasteiger partial charge in [-0.25, -0.2) is 17.8 Å². The summed E-state index contributed by atoms with van der Waals surface area (Å²) in [6.45, 7) is -0.281. The largest absolute Gasteiger partial charge is 0.388 e. The Hall–Kier alpha value is -3.48. The standard InChI is InChI=1S/C27H34FN7O8S/c28-15-2-1-3-17(8-15)44(41,42)35-7-6-33-13-19(35)26(39)31-11-21-25(38)24(37)20(43-21)10-23(36)32-16-9-18(27(33)40)34(12-16)14-22-29-4-5-30-22/h1-5,8,16,18-21,24-25,37-38H,6-7,9-14H2,(H,29,30)(H,31,39)(H,32,36)/t16-,18-,19-,20-,21+,24-,25+/m0/s1. The maximum absolute atomic E-state index is 14.0. The molecule has 44 heavy (non-hydrogen) atoms. The molecule has 4 fully saturated rings. The van der Waals surface area contributed by atoms with Gasteiger partial charge in [-0.15, -0.1) is 0 Å². The summed E-state index contributed by atoms with van der Waals surface area (Å²) in [4.78, 5) is 50.8. The molecule has 2 aromatic rings.